The molecule has 1 heterocycles. The van der Waals surface area contributed by atoms with E-state index in [1.165, 1.54) is 24.4 Å². The molecule has 0 aromatic carbocycles. The highest BCUT2D eigenvalue weighted by atomic mass is 32.1. The lowest BCUT2D eigenvalue weighted by atomic mass is 10.1. The number of hydrogen-bond donors (Lipinski definition) is 1. The van der Waals surface area contributed by atoms with Gasteiger partial charge < -0.3 is 5.32 Å². The van der Waals surface area contributed by atoms with E-state index in [2.05, 4.69) is 14.9 Å². The van der Waals surface area contributed by atoms with Gasteiger partial charge in [0.05, 0.1) is 11.7 Å². The molecule has 1 unspecified atom stereocenters. The predicted molar refractivity (Wildman–Crippen MR) is 44.4 cm³/mol. The van der Waals surface area contributed by atoms with Gasteiger partial charge in [0, 0.05) is 5.38 Å². The lowest BCUT2D eigenvalue weighted by molar-refractivity contribution is 0.514. The first-order chi connectivity index (χ1) is 5.42. The standard InChI is InChI=1S/C7H11N3S/c1-8-7(5-2-3-5)6-4-11-10-9-6/h4-5,7-8H,2-3H2,1H3. The van der Waals surface area contributed by atoms with Gasteiger partial charge in [-0.05, 0) is 37.3 Å². The maximum Gasteiger partial charge on any atom is 0.0927 e. The number of nitrogens with zero attached hydrogens (tertiary/aromatic N) is 2. The summed E-state index contributed by atoms with van der Waals surface area (Å²) >= 11 is 1.43. The Hall–Kier alpha value is -0.480. The summed E-state index contributed by atoms with van der Waals surface area (Å²) in [6.07, 6.45) is 2.67. The summed E-state index contributed by atoms with van der Waals surface area (Å²) in [5, 5.41) is 9.35. The highest BCUT2D eigenvalue weighted by Gasteiger charge is 2.32. The molecule has 60 valence electrons. The Morgan fingerprint density at radius 2 is 2.55 bits per heavy atom. The molecule has 1 atom stereocenters. The number of hydrogen-bond acceptors (Lipinski definition) is 4. The summed E-state index contributed by atoms with van der Waals surface area (Å²) in [5.74, 6) is 0.809. The fourth-order valence-corrected chi connectivity index (χ4v) is 1.85. The second kappa shape index (κ2) is 2.87. The van der Waals surface area contributed by atoms with Crippen molar-refractivity contribution in [1.82, 2.24) is 14.9 Å². The van der Waals surface area contributed by atoms with E-state index in [4.69, 9.17) is 0 Å². The molecular weight excluding hydrogens is 158 g/mol. The van der Waals surface area contributed by atoms with Crippen LogP contribution in [-0.4, -0.2) is 16.6 Å². The third kappa shape index (κ3) is 1.41. The zero-order valence-corrected chi connectivity index (χ0v) is 7.27. The van der Waals surface area contributed by atoms with Crippen LogP contribution in [0.25, 0.3) is 0 Å². The first kappa shape index (κ1) is 7.18. The fourth-order valence-electron chi connectivity index (χ4n) is 1.36. The van der Waals surface area contributed by atoms with Crippen LogP contribution in [0.5, 0.6) is 0 Å². The summed E-state index contributed by atoms with van der Waals surface area (Å²) in [7, 11) is 1.99. The van der Waals surface area contributed by atoms with Crippen LogP contribution < -0.4 is 5.32 Å². The maximum atomic E-state index is 4.05. The number of aromatic nitrogens is 2. The number of nitrogens with one attached hydrogen (secondary N) is 1. The van der Waals surface area contributed by atoms with Crippen molar-refractivity contribution in [3.05, 3.63) is 11.1 Å². The SMILES string of the molecule is CNC(c1csnn1)C1CC1. The maximum absolute atomic E-state index is 4.05. The van der Waals surface area contributed by atoms with E-state index in [9.17, 15) is 0 Å². The Morgan fingerprint density at radius 3 is 3.00 bits per heavy atom. The Kier molecular flexibility index (Phi) is 1.87. The van der Waals surface area contributed by atoms with Crippen LogP contribution in [0.15, 0.2) is 5.38 Å². The highest BCUT2D eigenvalue weighted by molar-refractivity contribution is 7.03. The minimum Gasteiger partial charge on any atom is -0.311 e. The lowest BCUT2D eigenvalue weighted by Crippen LogP contribution is -2.18. The number of rotatable bonds is 3. The second-order valence-electron chi connectivity index (χ2n) is 2.93. The molecule has 0 bridgehead atoms. The summed E-state index contributed by atoms with van der Waals surface area (Å²) in [6, 6.07) is 0.453. The highest BCUT2D eigenvalue weighted by Crippen LogP contribution is 2.40. The largest absolute Gasteiger partial charge is 0.311 e. The lowest BCUT2D eigenvalue weighted by Gasteiger charge is -2.10. The third-order valence-corrected chi connectivity index (χ3v) is 2.62. The minimum atomic E-state index is 0.453. The first-order valence-electron chi connectivity index (χ1n) is 3.86. The van der Waals surface area contributed by atoms with Gasteiger partial charge in [-0.25, -0.2) is 0 Å². The molecule has 1 aromatic rings. The summed E-state index contributed by atoms with van der Waals surface area (Å²) < 4.78 is 3.85. The van der Waals surface area contributed by atoms with Crippen LogP contribution in [0.4, 0.5) is 0 Å². The Labute approximate surface area is 70.0 Å². The van der Waals surface area contributed by atoms with E-state index in [1.807, 2.05) is 12.4 Å². The molecule has 1 aliphatic carbocycles. The molecule has 0 radical (unpaired) electrons. The molecule has 11 heavy (non-hydrogen) atoms. The topological polar surface area (TPSA) is 37.8 Å². The van der Waals surface area contributed by atoms with E-state index in [0.29, 0.717) is 6.04 Å². The minimum absolute atomic E-state index is 0.453. The van der Waals surface area contributed by atoms with Crippen LogP contribution in [0.3, 0.4) is 0 Å². The molecule has 0 spiro atoms. The van der Waals surface area contributed by atoms with Crippen molar-refractivity contribution in [3.63, 3.8) is 0 Å². The van der Waals surface area contributed by atoms with Crippen LogP contribution in [-0.2, 0) is 0 Å². The van der Waals surface area contributed by atoms with Crippen molar-refractivity contribution in [2.45, 2.75) is 18.9 Å². The smallest absolute Gasteiger partial charge is 0.0927 e. The molecule has 4 heteroatoms. The molecule has 2 rings (SSSR count). The normalized spacial score (nSPS) is 20.1. The molecule has 1 aromatic heterocycles. The van der Waals surface area contributed by atoms with E-state index >= 15 is 0 Å². The zero-order valence-electron chi connectivity index (χ0n) is 6.45. The van der Waals surface area contributed by atoms with Gasteiger partial charge in [0.1, 0.15) is 0 Å². The molecule has 1 aliphatic rings. The van der Waals surface area contributed by atoms with Crippen LogP contribution in [0.2, 0.25) is 0 Å². The van der Waals surface area contributed by atoms with Crippen molar-refractivity contribution < 1.29 is 0 Å². The van der Waals surface area contributed by atoms with Gasteiger partial charge >= 0.3 is 0 Å². The van der Waals surface area contributed by atoms with E-state index in [0.717, 1.165) is 11.6 Å². The monoisotopic (exact) mass is 169 g/mol. The first-order valence-corrected chi connectivity index (χ1v) is 4.69. The second-order valence-corrected chi connectivity index (χ2v) is 3.54. The van der Waals surface area contributed by atoms with E-state index in [-0.39, 0.29) is 0 Å². The molecule has 0 aliphatic heterocycles. The van der Waals surface area contributed by atoms with Gasteiger partial charge in [0.2, 0.25) is 0 Å². The van der Waals surface area contributed by atoms with E-state index < -0.39 is 0 Å². The molecule has 3 nitrogen and oxygen atoms in total. The zero-order chi connectivity index (χ0) is 7.68. The average Bonchev–Trinajstić information content (AvgIpc) is 2.68. The van der Waals surface area contributed by atoms with Crippen LogP contribution in [0.1, 0.15) is 24.6 Å². The van der Waals surface area contributed by atoms with Gasteiger partial charge in [0.15, 0.2) is 0 Å². The molecule has 0 amide bonds. The van der Waals surface area contributed by atoms with Crippen molar-refractivity contribution >= 4 is 11.5 Å². The summed E-state index contributed by atoms with van der Waals surface area (Å²) in [6.45, 7) is 0. The molecule has 1 fully saturated rings. The fraction of sp³-hybridized carbons (Fsp3) is 0.714. The Bertz CT molecular complexity index is 218. The quantitative estimate of drug-likeness (QED) is 0.739. The van der Waals surface area contributed by atoms with Crippen molar-refractivity contribution in [2.75, 3.05) is 7.05 Å². The van der Waals surface area contributed by atoms with Gasteiger partial charge in [-0.1, -0.05) is 4.49 Å². The summed E-state index contributed by atoms with van der Waals surface area (Å²) in [4.78, 5) is 0. The van der Waals surface area contributed by atoms with E-state index in [1.54, 1.807) is 0 Å². The molecule has 1 N–H and O–H groups in total. The van der Waals surface area contributed by atoms with Gasteiger partial charge in [0.25, 0.3) is 0 Å². The Balaban J connectivity index is 2.11. The Morgan fingerprint density at radius 1 is 1.73 bits per heavy atom. The van der Waals surface area contributed by atoms with Crippen molar-refractivity contribution in [3.8, 4) is 0 Å². The van der Waals surface area contributed by atoms with Gasteiger partial charge in [-0.3, -0.25) is 0 Å². The molecule has 1 saturated carbocycles. The third-order valence-electron chi connectivity index (χ3n) is 2.10. The van der Waals surface area contributed by atoms with Gasteiger partial charge in [-0.15, -0.1) is 5.10 Å². The van der Waals surface area contributed by atoms with Crippen LogP contribution >= 0.6 is 11.5 Å². The molecule has 0 saturated heterocycles. The van der Waals surface area contributed by atoms with Crippen LogP contribution in [0, 0.1) is 5.92 Å². The van der Waals surface area contributed by atoms with Gasteiger partial charge in [-0.2, -0.15) is 0 Å². The average molecular weight is 169 g/mol. The van der Waals surface area contributed by atoms with Crippen molar-refractivity contribution in [1.29, 1.82) is 0 Å². The summed E-state index contributed by atoms with van der Waals surface area (Å²) in [5.41, 5.74) is 1.11. The predicted octanol–water partition coefficient (Wildman–Crippen LogP) is 1.21. The van der Waals surface area contributed by atoms with Crippen molar-refractivity contribution in [2.24, 2.45) is 5.92 Å². The molecular formula is C7H11N3S.